The molecule has 33 heavy (non-hydrogen) atoms. The number of esters is 1. The van der Waals surface area contributed by atoms with Crippen molar-refractivity contribution < 1.29 is 19.0 Å². The highest BCUT2D eigenvalue weighted by atomic mass is 127. The standard InChI is InChI=1S/C25H18BrClINO4/c1-31-22-13-16(11-19(27)23(22)32-10-9-15-5-3-2-4-6-15)12-21-25(30)33-24(29-21)17-7-8-20(28)18(26)14-17/h2-8,11-14H,9-10H2,1H3/b21-12-. The number of carbonyl (C=O) groups excluding carboxylic acids is 1. The third kappa shape index (κ3) is 5.77. The van der Waals surface area contributed by atoms with Crippen LogP contribution in [0.25, 0.3) is 6.08 Å². The maximum atomic E-state index is 12.4. The van der Waals surface area contributed by atoms with E-state index in [1.54, 1.807) is 25.3 Å². The van der Waals surface area contributed by atoms with Gasteiger partial charge in [0.15, 0.2) is 17.2 Å². The Hall–Kier alpha value is -2.36. The van der Waals surface area contributed by atoms with Gasteiger partial charge in [0.1, 0.15) is 0 Å². The molecule has 8 heteroatoms. The highest BCUT2D eigenvalue weighted by Gasteiger charge is 2.25. The Morgan fingerprint density at radius 3 is 2.67 bits per heavy atom. The highest BCUT2D eigenvalue weighted by molar-refractivity contribution is 14.1. The Morgan fingerprint density at radius 2 is 1.94 bits per heavy atom. The summed E-state index contributed by atoms with van der Waals surface area (Å²) in [5.74, 6) is 0.652. The minimum atomic E-state index is -0.530. The van der Waals surface area contributed by atoms with Gasteiger partial charge in [0.25, 0.3) is 0 Å². The zero-order valence-electron chi connectivity index (χ0n) is 17.5. The third-order valence-electron chi connectivity index (χ3n) is 4.82. The Balaban J connectivity index is 1.55. The van der Waals surface area contributed by atoms with Crippen LogP contribution in [0.2, 0.25) is 5.02 Å². The van der Waals surface area contributed by atoms with Crippen molar-refractivity contribution in [2.24, 2.45) is 4.99 Å². The molecule has 1 heterocycles. The summed E-state index contributed by atoms with van der Waals surface area (Å²) in [5.41, 5.74) is 2.70. The lowest BCUT2D eigenvalue weighted by molar-refractivity contribution is -0.129. The Labute approximate surface area is 218 Å². The summed E-state index contributed by atoms with van der Waals surface area (Å²) < 4.78 is 18.7. The molecule has 0 unspecified atom stereocenters. The molecule has 0 atom stereocenters. The van der Waals surface area contributed by atoms with E-state index in [4.69, 9.17) is 25.8 Å². The topological polar surface area (TPSA) is 57.1 Å². The van der Waals surface area contributed by atoms with E-state index in [0.29, 0.717) is 34.3 Å². The van der Waals surface area contributed by atoms with Crippen molar-refractivity contribution in [3.05, 3.63) is 96.1 Å². The van der Waals surface area contributed by atoms with Gasteiger partial charge in [-0.2, -0.15) is 0 Å². The van der Waals surface area contributed by atoms with E-state index in [1.807, 2.05) is 48.5 Å². The second-order valence-electron chi connectivity index (χ2n) is 7.08. The van der Waals surface area contributed by atoms with Crippen LogP contribution in [-0.4, -0.2) is 25.6 Å². The molecule has 0 fully saturated rings. The maximum absolute atomic E-state index is 12.4. The van der Waals surface area contributed by atoms with E-state index in [-0.39, 0.29) is 11.6 Å². The molecule has 0 bridgehead atoms. The van der Waals surface area contributed by atoms with Gasteiger partial charge in [0.05, 0.1) is 18.7 Å². The number of rotatable bonds is 7. The van der Waals surface area contributed by atoms with Gasteiger partial charge >= 0.3 is 5.97 Å². The SMILES string of the molecule is COc1cc(/C=C2\N=C(c3ccc(I)c(Br)c3)OC2=O)cc(Cl)c1OCCc1ccccc1. The summed E-state index contributed by atoms with van der Waals surface area (Å²) in [6, 6.07) is 19.1. The molecule has 0 saturated carbocycles. The first-order valence-corrected chi connectivity index (χ1v) is 12.2. The summed E-state index contributed by atoms with van der Waals surface area (Å²) >= 11 is 12.2. The number of hydrogen-bond acceptors (Lipinski definition) is 5. The summed E-state index contributed by atoms with van der Waals surface area (Å²) in [4.78, 5) is 16.8. The van der Waals surface area contributed by atoms with E-state index in [2.05, 4.69) is 43.5 Å². The molecule has 0 aliphatic carbocycles. The molecular weight excluding hydrogens is 621 g/mol. The van der Waals surface area contributed by atoms with Gasteiger partial charge in [-0.3, -0.25) is 0 Å². The van der Waals surface area contributed by atoms with Gasteiger partial charge in [0, 0.05) is 20.0 Å². The lowest BCUT2D eigenvalue weighted by Gasteiger charge is -2.13. The summed E-state index contributed by atoms with van der Waals surface area (Å²) in [6.07, 6.45) is 2.35. The first-order chi connectivity index (χ1) is 15.9. The zero-order valence-corrected chi connectivity index (χ0v) is 22.0. The van der Waals surface area contributed by atoms with Crippen molar-refractivity contribution in [2.75, 3.05) is 13.7 Å². The fraction of sp³-hybridized carbons (Fsp3) is 0.120. The smallest absolute Gasteiger partial charge is 0.363 e. The number of hydrogen-bond donors (Lipinski definition) is 0. The Kier molecular flexibility index (Phi) is 7.72. The van der Waals surface area contributed by atoms with E-state index in [9.17, 15) is 4.79 Å². The summed E-state index contributed by atoms with van der Waals surface area (Å²) in [5, 5.41) is 0.381. The molecule has 0 amide bonds. The van der Waals surface area contributed by atoms with Crippen LogP contribution < -0.4 is 9.47 Å². The quantitative estimate of drug-likeness (QED) is 0.165. The molecule has 4 rings (SSSR count). The number of cyclic esters (lactones) is 1. The largest absolute Gasteiger partial charge is 0.493 e. The Bertz CT molecular complexity index is 1260. The second kappa shape index (κ2) is 10.7. The predicted molar refractivity (Wildman–Crippen MR) is 141 cm³/mol. The number of ether oxygens (including phenoxy) is 3. The molecule has 3 aromatic carbocycles. The monoisotopic (exact) mass is 637 g/mol. The molecule has 5 nitrogen and oxygen atoms in total. The average molecular weight is 639 g/mol. The minimum absolute atomic E-state index is 0.176. The molecule has 1 aliphatic heterocycles. The van der Waals surface area contributed by atoms with Gasteiger partial charge in [-0.05, 0) is 86.1 Å². The third-order valence-corrected chi connectivity index (χ3v) is 7.44. The van der Waals surface area contributed by atoms with Crippen LogP contribution in [0.4, 0.5) is 0 Å². The summed E-state index contributed by atoms with van der Waals surface area (Å²) in [6.45, 7) is 0.450. The predicted octanol–water partition coefficient (Wildman–Crippen LogP) is 6.68. The van der Waals surface area contributed by atoms with Crippen LogP contribution >= 0.6 is 50.1 Å². The lowest BCUT2D eigenvalue weighted by atomic mass is 10.1. The van der Waals surface area contributed by atoms with Crippen molar-refractivity contribution in [3.63, 3.8) is 0 Å². The molecule has 0 saturated heterocycles. The number of carbonyl (C=O) groups is 1. The number of aliphatic imine (C=N–C) groups is 1. The number of benzene rings is 3. The van der Waals surface area contributed by atoms with Crippen molar-refractivity contribution in [3.8, 4) is 11.5 Å². The van der Waals surface area contributed by atoms with Gasteiger partial charge in [-0.15, -0.1) is 0 Å². The molecule has 0 aromatic heterocycles. The van der Waals surface area contributed by atoms with E-state index in [1.165, 1.54) is 5.56 Å². The van der Waals surface area contributed by atoms with E-state index in [0.717, 1.165) is 14.5 Å². The number of halogens is 3. The van der Waals surface area contributed by atoms with Crippen molar-refractivity contribution in [1.29, 1.82) is 0 Å². The summed E-state index contributed by atoms with van der Waals surface area (Å²) in [7, 11) is 1.54. The van der Waals surface area contributed by atoms with Gasteiger partial charge in [-0.25, -0.2) is 9.79 Å². The van der Waals surface area contributed by atoms with Crippen LogP contribution in [0.5, 0.6) is 11.5 Å². The normalized spacial score (nSPS) is 14.2. The second-order valence-corrected chi connectivity index (χ2v) is 9.51. The van der Waals surface area contributed by atoms with E-state index < -0.39 is 5.97 Å². The molecule has 0 spiro atoms. The van der Waals surface area contributed by atoms with Gasteiger partial charge in [-0.1, -0.05) is 41.9 Å². The number of nitrogens with zero attached hydrogens (tertiary/aromatic N) is 1. The fourth-order valence-electron chi connectivity index (χ4n) is 3.20. The van der Waals surface area contributed by atoms with Crippen molar-refractivity contribution in [1.82, 2.24) is 0 Å². The molecule has 168 valence electrons. The van der Waals surface area contributed by atoms with Gasteiger partial charge in [0.2, 0.25) is 5.90 Å². The number of methoxy groups -OCH3 is 1. The first-order valence-electron chi connectivity index (χ1n) is 9.97. The lowest BCUT2D eigenvalue weighted by Crippen LogP contribution is -2.05. The van der Waals surface area contributed by atoms with Crippen LogP contribution in [0.15, 0.2) is 75.8 Å². The van der Waals surface area contributed by atoms with Crippen LogP contribution in [-0.2, 0) is 16.0 Å². The maximum Gasteiger partial charge on any atom is 0.363 e. The first kappa shape index (κ1) is 23.8. The van der Waals surface area contributed by atoms with Crippen molar-refractivity contribution >= 4 is 68.1 Å². The van der Waals surface area contributed by atoms with Crippen molar-refractivity contribution in [2.45, 2.75) is 6.42 Å². The zero-order chi connectivity index (χ0) is 23.4. The van der Waals surface area contributed by atoms with Gasteiger partial charge < -0.3 is 14.2 Å². The minimum Gasteiger partial charge on any atom is -0.493 e. The molecule has 3 aromatic rings. The van der Waals surface area contributed by atoms with Crippen LogP contribution in [0.3, 0.4) is 0 Å². The Morgan fingerprint density at radius 1 is 1.15 bits per heavy atom. The molecule has 1 aliphatic rings. The van der Waals surface area contributed by atoms with Crippen LogP contribution in [0.1, 0.15) is 16.7 Å². The van der Waals surface area contributed by atoms with E-state index >= 15 is 0 Å². The fourth-order valence-corrected chi connectivity index (χ4v) is 4.19. The highest BCUT2D eigenvalue weighted by Crippen LogP contribution is 2.37. The van der Waals surface area contributed by atoms with Crippen LogP contribution in [0, 0.1) is 3.57 Å². The average Bonchev–Trinajstić information content (AvgIpc) is 3.17. The molecule has 0 N–H and O–H groups in total. The molecule has 0 radical (unpaired) electrons. The molecular formula is C25H18BrClINO4.